The molecule has 2 amide bonds. The number of carbonyl (C=O) groups is 2. The summed E-state index contributed by atoms with van der Waals surface area (Å²) in [6.45, 7) is 0. The molecule has 0 atom stereocenters. The number of amides is 2. The summed E-state index contributed by atoms with van der Waals surface area (Å²) in [7, 11) is -15.0. The topological polar surface area (TPSA) is 350 Å². The smallest absolute Gasteiger partial charge is 0.293 e. The fourth-order valence-electron chi connectivity index (χ4n) is 3.94. The van der Waals surface area contributed by atoms with Gasteiger partial charge in [-0.25, -0.2) is 0 Å². The van der Waals surface area contributed by atoms with Crippen LogP contribution in [0.2, 0.25) is 0 Å². The maximum absolute atomic E-state index is 12.1. The molecule has 1 aliphatic heterocycles. The van der Waals surface area contributed by atoms with Gasteiger partial charge in [0.2, 0.25) is 18.2 Å². The molecule has 22 nitrogen and oxygen atoms in total. The van der Waals surface area contributed by atoms with Crippen molar-refractivity contribution in [2.75, 3.05) is 0 Å². The van der Waals surface area contributed by atoms with E-state index in [0.717, 1.165) is 54.6 Å². The van der Waals surface area contributed by atoms with Gasteiger partial charge in [-0.15, -0.1) is 4.99 Å². The van der Waals surface area contributed by atoms with Gasteiger partial charge in [-0.3, -0.25) is 44.0 Å². The van der Waals surface area contributed by atoms with E-state index >= 15 is 0 Å². The quantitative estimate of drug-likeness (QED) is 0.0378. The molecular formula is C25H17N9O13S3. The average molecular weight is 748 g/mol. The first-order valence-electron chi connectivity index (χ1n) is 12.9. The Morgan fingerprint density at radius 3 is 1.72 bits per heavy atom. The number of nitrogens with zero attached hydrogens (tertiary/aromatic N) is 7. The second kappa shape index (κ2) is 14.1. The number of nitro groups is 1. The zero-order chi connectivity index (χ0) is 37.0. The fourth-order valence-corrected chi connectivity index (χ4v) is 5.99. The van der Waals surface area contributed by atoms with Gasteiger partial charge in [0.1, 0.15) is 20.4 Å². The molecule has 0 radical (unpaired) electrons. The Morgan fingerprint density at radius 2 is 1.22 bits per heavy atom. The van der Waals surface area contributed by atoms with Crippen LogP contribution in [-0.2, 0) is 39.9 Å². The van der Waals surface area contributed by atoms with Crippen LogP contribution in [0.3, 0.4) is 0 Å². The van der Waals surface area contributed by atoms with E-state index in [1.165, 1.54) is 12.3 Å². The number of rotatable bonds is 10. The zero-order valence-corrected chi connectivity index (χ0v) is 26.7. The summed E-state index contributed by atoms with van der Waals surface area (Å²) in [5.41, 5.74) is -2.19. The Labute approximate surface area is 280 Å². The third-order valence-corrected chi connectivity index (χ3v) is 8.83. The van der Waals surface area contributed by atoms with Gasteiger partial charge in [0.05, 0.1) is 16.3 Å². The van der Waals surface area contributed by atoms with E-state index in [9.17, 15) is 58.6 Å². The van der Waals surface area contributed by atoms with Crippen molar-refractivity contribution in [1.82, 2.24) is 10.6 Å². The molecule has 258 valence electrons. The molecule has 3 aromatic carbocycles. The van der Waals surface area contributed by atoms with E-state index < -0.39 is 85.2 Å². The van der Waals surface area contributed by atoms with E-state index in [1.807, 2.05) is 0 Å². The molecule has 4 rings (SSSR count). The number of azo groups is 2. The van der Waals surface area contributed by atoms with Crippen LogP contribution < -0.4 is 10.6 Å². The second-order valence-corrected chi connectivity index (χ2v) is 13.6. The van der Waals surface area contributed by atoms with Crippen LogP contribution in [0.15, 0.2) is 94.7 Å². The number of carbonyl (C=O) groups excluding carboxylic acids is 2. The predicted molar refractivity (Wildman–Crippen MR) is 166 cm³/mol. The molecule has 0 aliphatic carbocycles. The lowest BCUT2D eigenvalue weighted by molar-refractivity contribution is -0.385. The van der Waals surface area contributed by atoms with E-state index in [-0.39, 0.29) is 22.5 Å². The number of guanidine groups is 1. The van der Waals surface area contributed by atoms with Crippen molar-refractivity contribution in [2.24, 2.45) is 25.4 Å². The molecule has 1 fully saturated rings. The normalized spacial score (nSPS) is 15.6. The molecule has 0 aromatic heterocycles. The lowest BCUT2D eigenvalue weighted by atomic mass is 10.1. The zero-order valence-electron chi connectivity index (χ0n) is 24.2. The molecule has 1 heterocycles. The summed E-state index contributed by atoms with van der Waals surface area (Å²) in [5, 5.41) is 38.3. The number of benzene rings is 3. The molecule has 1 aliphatic rings. The first kappa shape index (κ1) is 36.7. The first-order chi connectivity index (χ1) is 23.3. The standard InChI is InChI=1S/C25H17N9O13S3/c26-12-27-25-28-23(35)22(24(36)29-25)33-32-18-8-6-16(10-21(18)50(45,46)47)31-30-15-5-3-13(19(9-15)48(39,40)41)1-2-14-4-7-17(34(37)38)11-20(14)49(42,43)44/h1-11,22H,(H,39,40,41)(H,42,43,44)(H,45,46,47)(H2,27,28,29,35,36)/b2-1+,31-30?,33-32?. The maximum atomic E-state index is 12.1. The third kappa shape index (κ3) is 8.84. The molecule has 3 aromatic rings. The van der Waals surface area contributed by atoms with E-state index in [1.54, 1.807) is 0 Å². The molecule has 25 heteroatoms. The van der Waals surface area contributed by atoms with Gasteiger partial charge >= 0.3 is 0 Å². The Morgan fingerprint density at radius 1 is 0.740 bits per heavy atom. The van der Waals surface area contributed by atoms with E-state index in [2.05, 4.69) is 36.1 Å². The average Bonchev–Trinajstić information content (AvgIpc) is 3.01. The highest BCUT2D eigenvalue weighted by atomic mass is 32.2. The Balaban J connectivity index is 1.65. The molecule has 1 saturated heterocycles. The molecular weight excluding hydrogens is 731 g/mol. The number of hydrogen-bond donors (Lipinski definition) is 5. The Hall–Kier alpha value is -6.17. The van der Waals surface area contributed by atoms with Crippen molar-refractivity contribution in [3.05, 3.63) is 75.8 Å². The lowest BCUT2D eigenvalue weighted by Crippen LogP contribution is -2.58. The van der Waals surface area contributed by atoms with Gasteiger partial charge in [0.25, 0.3) is 47.9 Å². The van der Waals surface area contributed by atoms with Crippen LogP contribution >= 0.6 is 0 Å². The van der Waals surface area contributed by atoms with Gasteiger partial charge in [0, 0.05) is 12.1 Å². The van der Waals surface area contributed by atoms with Gasteiger partial charge in [-0.2, -0.15) is 51.0 Å². The Kier molecular flexibility index (Phi) is 10.4. The number of hydrogen-bond acceptors (Lipinski definition) is 16. The minimum absolute atomic E-state index is 0.227. The highest BCUT2D eigenvalue weighted by Gasteiger charge is 2.34. The van der Waals surface area contributed by atoms with Crippen molar-refractivity contribution in [3.8, 4) is 6.19 Å². The highest BCUT2D eigenvalue weighted by Crippen LogP contribution is 2.32. The number of non-ortho nitro benzene ring substituents is 1. The minimum Gasteiger partial charge on any atom is -0.293 e. The van der Waals surface area contributed by atoms with Crippen LogP contribution in [0.4, 0.5) is 22.7 Å². The van der Waals surface area contributed by atoms with Crippen LogP contribution in [0, 0.1) is 21.6 Å². The molecule has 0 bridgehead atoms. The third-order valence-electron chi connectivity index (χ3n) is 6.13. The van der Waals surface area contributed by atoms with Crippen molar-refractivity contribution in [2.45, 2.75) is 20.7 Å². The molecule has 0 unspecified atom stereocenters. The SMILES string of the molecule is N#CN=C1NC(=O)C(N=Nc2ccc(N=Nc3ccc(/C=C/c4ccc([N+](=O)[O-])cc4S(=O)(=O)O)c(S(=O)(=O)O)c3)cc2S(=O)(=O)O)C(=O)N1. The summed E-state index contributed by atoms with van der Waals surface area (Å²) in [4.78, 5) is 35.0. The van der Waals surface area contributed by atoms with Crippen molar-refractivity contribution >= 4 is 83.0 Å². The number of nitriles is 1. The largest absolute Gasteiger partial charge is 0.296 e. The maximum Gasteiger partial charge on any atom is 0.296 e. The number of nitrogens with one attached hydrogen (secondary N) is 2. The van der Waals surface area contributed by atoms with Crippen LogP contribution in [0.5, 0.6) is 0 Å². The molecule has 5 N–H and O–H groups in total. The van der Waals surface area contributed by atoms with Crippen LogP contribution in [0.25, 0.3) is 12.2 Å². The number of aliphatic imine (C=N–C) groups is 1. The second-order valence-electron chi connectivity index (χ2n) is 9.47. The summed E-state index contributed by atoms with van der Waals surface area (Å²) < 4.78 is 101. The molecule has 0 spiro atoms. The van der Waals surface area contributed by atoms with Crippen LogP contribution in [-0.4, -0.2) is 67.7 Å². The summed E-state index contributed by atoms with van der Waals surface area (Å²) in [5.74, 6) is -2.57. The van der Waals surface area contributed by atoms with Gasteiger partial charge < -0.3 is 0 Å². The summed E-state index contributed by atoms with van der Waals surface area (Å²) >= 11 is 0. The van der Waals surface area contributed by atoms with Crippen molar-refractivity contribution < 1.29 is 53.4 Å². The lowest BCUT2D eigenvalue weighted by Gasteiger charge is -2.18. The van der Waals surface area contributed by atoms with Crippen LogP contribution in [0.1, 0.15) is 11.1 Å². The summed E-state index contributed by atoms with van der Waals surface area (Å²) in [6, 6.07) is 6.64. The van der Waals surface area contributed by atoms with Gasteiger partial charge in [-0.1, -0.05) is 18.2 Å². The first-order valence-corrected chi connectivity index (χ1v) is 17.2. The Bertz CT molecular complexity index is 2430. The van der Waals surface area contributed by atoms with Gasteiger partial charge in [0.15, 0.2) is 0 Å². The monoisotopic (exact) mass is 747 g/mol. The predicted octanol–water partition coefficient (Wildman–Crippen LogP) is 2.46. The van der Waals surface area contributed by atoms with Crippen molar-refractivity contribution in [3.63, 3.8) is 0 Å². The van der Waals surface area contributed by atoms with E-state index in [0.29, 0.717) is 6.07 Å². The molecule has 50 heavy (non-hydrogen) atoms. The van der Waals surface area contributed by atoms with E-state index in [4.69, 9.17) is 5.26 Å². The fraction of sp³-hybridized carbons (Fsp3) is 0.0400. The molecule has 0 saturated carbocycles. The van der Waals surface area contributed by atoms with Gasteiger partial charge in [-0.05, 0) is 47.5 Å². The highest BCUT2D eigenvalue weighted by molar-refractivity contribution is 7.86. The van der Waals surface area contributed by atoms with Crippen molar-refractivity contribution in [1.29, 1.82) is 5.26 Å². The minimum atomic E-state index is -5.03. The number of nitro benzene ring substituents is 1. The summed E-state index contributed by atoms with van der Waals surface area (Å²) in [6.07, 6.45) is 3.37.